The number of amides is 3. The molecule has 3 amide bonds. The van der Waals surface area contributed by atoms with E-state index in [0.717, 1.165) is 21.7 Å². The molecule has 0 radical (unpaired) electrons. The molecular formula is C19H28N4O5S. The second-order valence-electron chi connectivity index (χ2n) is 7.53. The van der Waals surface area contributed by atoms with Gasteiger partial charge in [-0.3, -0.25) is 14.4 Å². The van der Waals surface area contributed by atoms with Gasteiger partial charge in [-0.05, 0) is 25.8 Å². The third kappa shape index (κ3) is 5.77. The normalized spacial score (nSPS) is 20.4. The quantitative estimate of drug-likeness (QED) is 0.598. The molecule has 1 atom stereocenters. The summed E-state index contributed by atoms with van der Waals surface area (Å²) in [4.78, 5) is 38.1. The Morgan fingerprint density at radius 1 is 1.24 bits per heavy atom. The zero-order chi connectivity index (χ0) is 21.8. The van der Waals surface area contributed by atoms with Crippen molar-refractivity contribution in [3.63, 3.8) is 0 Å². The van der Waals surface area contributed by atoms with Gasteiger partial charge < -0.3 is 15.5 Å². The molecule has 0 spiro atoms. The number of rotatable bonds is 7. The van der Waals surface area contributed by atoms with E-state index in [1.807, 2.05) is 31.2 Å². The molecule has 0 saturated carbocycles. The summed E-state index contributed by atoms with van der Waals surface area (Å²) >= 11 is 0. The highest BCUT2D eigenvalue weighted by atomic mass is 32.2. The molecule has 1 heterocycles. The van der Waals surface area contributed by atoms with Crippen LogP contribution in [0.1, 0.15) is 18.1 Å². The molecule has 0 aromatic heterocycles. The molecule has 9 nitrogen and oxygen atoms in total. The number of hydrogen-bond donors (Lipinski definition) is 2. The van der Waals surface area contributed by atoms with Gasteiger partial charge in [-0.15, -0.1) is 0 Å². The van der Waals surface area contributed by atoms with Gasteiger partial charge >= 0.3 is 0 Å². The third-order valence-electron chi connectivity index (χ3n) is 5.10. The van der Waals surface area contributed by atoms with Crippen molar-refractivity contribution >= 4 is 27.7 Å². The molecule has 1 aromatic rings. The van der Waals surface area contributed by atoms with Gasteiger partial charge in [0, 0.05) is 20.1 Å². The summed E-state index contributed by atoms with van der Waals surface area (Å²) in [6.45, 7) is 3.16. The Hall–Kier alpha value is -2.46. The minimum absolute atomic E-state index is 0.172. The fourth-order valence-corrected chi connectivity index (χ4v) is 3.95. The molecule has 29 heavy (non-hydrogen) atoms. The summed E-state index contributed by atoms with van der Waals surface area (Å²) in [7, 11) is -2.19. The van der Waals surface area contributed by atoms with Crippen molar-refractivity contribution in [3.05, 3.63) is 35.4 Å². The van der Waals surface area contributed by atoms with Crippen LogP contribution in [0.3, 0.4) is 0 Å². The minimum atomic E-state index is -3.63. The molecule has 1 aliphatic heterocycles. The van der Waals surface area contributed by atoms with Crippen molar-refractivity contribution < 1.29 is 22.8 Å². The highest BCUT2D eigenvalue weighted by Crippen LogP contribution is 2.22. The van der Waals surface area contributed by atoms with Crippen molar-refractivity contribution in [2.75, 3.05) is 39.5 Å². The molecule has 1 saturated heterocycles. The van der Waals surface area contributed by atoms with Crippen LogP contribution in [0.25, 0.3) is 0 Å². The number of nitrogens with zero attached hydrogens (tertiary/aromatic N) is 2. The second-order valence-corrected chi connectivity index (χ2v) is 9.51. The SMILES string of the molecule is Cc1cccc(CCNC(=O)CNC(=O)[C@@]2(C)CN(S(C)(=O)=O)CC(=O)N2C)c1. The molecule has 1 aromatic carbocycles. The van der Waals surface area contributed by atoms with Crippen molar-refractivity contribution in [1.29, 1.82) is 0 Å². The molecule has 1 aliphatic rings. The number of benzene rings is 1. The second kappa shape index (κ2) is 8.91. The molecule has 0 aliphatic carbocycles. The van der Waals surface area contributed by atoms with E-state index in [9.17, 15) is 22.8 Å². The Morgan fingerprint density at radius 3 is 2.55 bits per heavy atom. The predicted molar refractivity (Wildman–Crippen MR) is 108 cm³/mol. The van der Waals surface area contributed by atoms with Crippen molar-refractivity contribution in [1.82, 2.24) is 19.8 Å². The number of carbonyl (C=O) groups is 3. The van der Waals surface area contributed by atoms with E-state index in [-0.39, 0.29) is 25.5 Å². The Morgan fingerprint density at radius 2 is 1.93 bits per heavy atom. The first kappa shape index (κ1) is 22.8. The Bertz CT molecular complexity index is 902. The van der Waals surface area contributed by atoms with Crippen molar-refractivity contribution in [3.8, 4) is 0 Å². The van der Waals surface area contributed by atoms with E-state index in [1.165, 1.54) is 18.9 Å². The lowest BCUT2D eigenvalue weighted by Gasteiger charge is -2.44. The minimum Gasteiger partial charge on any atom is -0.354 e. The molecule has 10 heteroatoms. The van der Waals surface area contributed by atoms with E-state index >= 15 is 0 Å². The largest absolute Gasteiger partial charge is 0.354 e. The Balaban J connectivity index is 1.89. The van der Waals surface area contributed by atoms with E-state index < -0.39 is 27.4 Å². The van der Waals surface area contributed by atoms with E-state index in [1.54, 1.807) is 0 Å². The van der Waals surface area contributed by atoms with Crippen LogP contribution in [-0.2, 0) is 30.8 Å². The zero-order valence-corrected chi connectivity index (χ0v) is 18.0. The number of carbonyl (C=O) groups excluding carboxylic acids is 3. The van der Waals surface area contributed by atoms with Gasteiger partial charge in [0.25, 0.3) is 0 Å². The first-order valence-corrected chi connectivity index (χ1v) is 11.1. The van der Waals surface area contributed by atoms with Crippen LogP contribution in [0, 0.1) is 6.92 Å². The molecule has 160 valence electrons. The maximum absolute atomic E-state index is 12.7. The molecule has 1 fully saturated rings. The number of nitrogens with one attached hydrogen (secondary N) is 2. The maximum Gasteiger partial charge on any atom is 0.247 e. The lowest BCUT2D eigenvalue weighted by molar-refractivity contribution is -0.150. The van der Waals surface area contributed by atoms with Crippen LogP contribution in [-0.4, -0.2) is 80.4 Å². The topological polar surface area (TPSA) is 116 Å². The number of aryl methyl sites for hydroxylation is 1. The lowest BCUT2D eigenvalue weighted by Crippen LogP contribution is -2.68. The zero-order valence-electron chi connectivity index (χ0n) is 17.2. The van der Waals surface area contributed by atoms with E-state index in [2.05, 4.69) is 10.6 Å². The first-order chi connectivity index (χ1) is 13.4. The standard InChI is InChI=1S/C19H28N4O5S/c1-14-6-5-7-15(10-14)8-9-20-16(24)11-21-18(26)19(2)13-23(29(4,27)28)12-17(25)22(19)3/h5-7,10H,8-9,11-13H2,1-4H3,(H,20,24)(H,21,26)/t19-/m1/s1. The van der Waals surface area contributed by atoms with Gasteiger partial charge in [0.05, 0.1) is 19.3 Å². The predicted octanol–water partition coefficient (Wildman–Crippen LogP) is -0.738. The molecule has 0 unspecified atom stereocenters. The Kier molecular flexibility index (Phi) is 7.02. The van der Waals surface area contributed by atoms with Gasteiger partial charge in [-0.1, -0.05) is 29.8 Å². The maximum atomic E-state index is 12.7. The van der Waals surface area contributed by atoms with Gasteiger partial charge in [-0.25, -0.2) is 8.42 Å². The molecule has 2 rings (SSSR count). The van der Waals surface area contributed by atoms with Crippen LogP contribution in [0.15, 0.2) is 24.3 Å². The summed E-state index contributed by atoms with van der Waals surface area (Å²) in [5.74, 6) is -1.43. The van der Waals surface area contributed by atoms with Gasteiger partial charge in [0.1, 0.15) is 5.54 Å². The monoisotopic (exact) mass is 424 g/mol. The van der Waals surface area contributed by atoms with Gasteiger partial charge in [0.15, 0.2) is 0 Å². The van der Waals surface area contributed by atoms with Crippen LogP contribution in [0.5, 0.6) is 0 Å². The van der Waals surface area contributed by atoms with Crippen molar-refractivity contribution in [2.45, 2.75) is 25.8 Å². The summed E-state index contributed by atoms with van der Waals surface area (Å²) in [5, 5.41) is 5.24. The van der Waals surface area contributed by atoms with E-state index in [0.29, 0.717) is 13.0 Å². The van der Waals surface area contributed by atoms with Crippen LogP contribution in [0.2, 0.25) is 0 Å². The number of hydrogen-bond acceptors (Lipinski definition) is 5. The summed E-state index contributed by atoms with van der Waals surface area (Å²) in [6.07, 6.45) is 1.66. The van der Waals surface area contributed by atoms with Crippen LogP contribution >= 0.6 is 0 Å². The molecule has 2 N–H and O–H groups in total. The number of sulfonamides is 1. The fraction of sp³-hybridized carbons (Fsp3) is 0.526. The smallest absolute Gasteiger partial charge is 0.247 e. The summed E-state index contributed by atoms with van der Waals surface area (Å²) in [5.41, 5.74) is 0.842. The van der Waals surface area contributed by atoms with Gasteiger partial charge in [-0.2, -0.15) is 4.31 Å². The average Bonchev–Trinajstić information content (AvgIpc) is 2.63. The fourth-order valence-electron chi connectivity index (χ4n) is 3.12. The van der Waals surface area contributed by atoms with Crippen LogP contribution in [0.4, 0.5) is 0 Å². The third-order valence-corrected chi connectivity index (χ3v) is 6.29. The number of piperazine rings is 1. The average molecular weight is 425 g/mol. The van der Waals surface area contributed by atoms with E-state index in [4.69, 9.17) is 0 Å². The molecule has 0 bridgehead atoms. The van der Waals surface area contributed by atoms with Crippen LogP contribution < -0.4 is 10.6 Å². The highest BCUT2D eigenvalue weighted by molar-refractivity contribution is 7.88. The summed E-state index contributed by atoms with van der Waals surface area (Å²) in [6, 6.07) is 7.97. The molecular weight excluding hydrogens is 396 g/mol. The van der Waals surface area contributed by atoms with Crippen molar-refractivity contribution in [2.24, 2.45) is 0 Å². The lowest BCUT2D eigenvalue weighted by atomic mass is 9.96. The Labute approximate surface area is 171 Å². The first-order valence-electron chi connectivity index (χ1n) is 9.26. The highest BCUT2D eigenvalue weighted by Gasteiger charge is 2.47. The van der Waals surface area contributed by atoms with Gasteiger partial charge in [0.2, 0.25) is 27.7 Å². The number of likely N-dealkylation sites (N-methyl/N-ethyl adjacent to an activating group) is 1. The summed E-state index contributed by atoms with van der Waals surface area (Å²) < 4.78 is 24.6.